The minimum Gasteiger partial charge on any atom is -0.378 e. The number of ketones is 1. The smallest absolute Gasteiger partial charge is 0.175 e. The van der Waals surface area contributed by atoms with Gasteiger partial charge in [-0.05, 0) is 93.0 Å². The molecule has 4 atom stereocenters. The lowest BCUT2D eigenvalue weighted by molar-refractivity contribution is -0.114. The maximum Gasteiger partial charge on any atom is 0.175 e. The third-order valence-electron chi connectivity index (χ3n) is 8.32. The number of rotatable bonds is 12. The van der Waals surface area contributed by atoms with E-state index in [2.05, 4.69) is 77.4 Å². The highest BCUT2D eigenvalue weighted by atomic mass is 32.1. The van der Waals surface area contributed by atoms with Crippen molar-refractivity contribution in [3.63, 3.8) is 0 Å². The lowest BCUT2D eigenvalue weighted by atomic mass is 9.79. The molecule has 0 saturated heterocycles. The van der Waals surface area contributed by atoms with Crippen molar-refractivity contribution in [1.82, 2.24) is 5.32 Å². The van der Waals surface area contributed by atoms with Gasteiger partial charge >= 0.3 is 0 Å². The summed E-state index contributed by atoms with van der Waals surface area (Å²) in [5.41, 5.74) is 10.8. The van der Waals surface area contributed by atoms with Crippen LogP contribution in [0.15, 0.2) is 47.2 Å². The molecular formula is C33H49NOS. The van der Waals surface area contributed by atoms with Gasteiger partial charge in [0.25, 0.3) is 0 Å². The Morgan fingerprint density at radius 2 is 1.97 bits per heavy atom. The molecule has 0 bridgehead atoms. The molecule has 0 aromatic heterocycles. The van der Waals surface area contributed by atoms with Gasteiger partial charge in [0, 0.05) is 30.1 Å². The van der Waals surface area contributed by atoms with Crippen LogP contribution in [0.4, 0.5) is 0 Å². The average Bonchev–Trinajstić information content (AvgIpc) is 3.14. The minimum absolute atomic E-state index is 0.135. The second-order valence-corrected chi connectivity index (χ2v) is 12.4. The number of nitrogens with one attached hydrogen (secondary N) is 1. The Morgan fingerprint density at radius 1 is 1.22 bits per heavy atom. The maximum absolute atomic E-state index is 12.4. The van der Waals surface area contributed by atoms with Crippen molar-refractivity contribution in [2.45, 2.75) is 123 Å². The fourth-order valence-electron chi connectivity index (χ4n) is 6.41. The lowest BCUT2D eigenvalue weighted by Gasteiger charge is -2.26. The van der Waals surface area contributed by atoms with Crippen LogP contribution in [0.2, 0.25) is 0 Å². The zero-order valence-electron chi connectivity index (χ0n) is 23.7. The molecule has 36 heavy (non-hydrogen) atoms. The van der Waals surface area contributed by atoms with E-state index in [1.165, 1.54) is 77.5 Å². The monoisotopic (exact) mass is 507 g/mol. The van der Waals surface area contributed by atoms with Crippen molar-refractivity contribution >= 4 is 18.4 Å². The van der Waals surface area contributed by atoms with E-state index in [4.69, 9.17) is 0 Å². The molecule has 1 aromatic rings. The van der Waals surface area contributed by atoms with Crippen LogP contribution in [-0.4, -0.2) is 17.1 Å². The summed E-state index contributed by atoms with van der Waals surface area (Å²) in [6.45, 7) is 17.4. The number of hydrogen-bond acceptors (Lipinski definition) is 3. The van der Waals surface area contributed by atoms with E-state index in [0.717, 1.165) is 31.4 Å². The Bertz CT molecular complexity index is 1010. The van der Waals surface area contributed by atoms with Gasteiger partial charge in [0.05, 0.1) is 5.70 Å². The molecule has 1 aromatic carbocycles. The quantitative estimate of drug-likeness (QED) is 0.168. The van der Waals surface area contributed by atoms with Crippen LogP contribution in [0.25, 0.3) is 0 Å². The molecule has 0 saturated carbocycles. The summed E-state index contributed by atoms with van der Waals surface area (Å²) in [7, 11) is 0. The molecule has 0 fully saturated rings. The lowest BCUT2D eigenvalue weighted by Crippen LogP contribution is -2.35. The fraction of sp³-hybridized carbons (Fsp3) is 0.606. The molecule has 1 aliphatic carbocycles. The van der Waals surface area contributed by atoms with Gasteiger partial charge in [0.2, 0.25) is 0 Å². The number of aryl methyl sites for hydroxylation is 2. The first-order valence-corrected chi connectivity index (χ1v) is 14.8. The molecule has 4 unspecified atom stereocenters. The summed E-state index contributed by atoms with van der Waals surface area (Å²) in [6, 6.07) is 5.15. The van der Waals surface area contributed by atoms with Crippen LogP contribution in [-0.2, 0) is 17.6 Å². The topological polar surface area (TPSA) is 29.1 Å². The molecule has 3 heteroatoms. The Balaban J connectivity index is 1.81. The first kappa shape index (κ1) is 28.8. The molecule has 0 radical (unpaired) electrons. The van der Waals surface area contributed by atoms with Gasteiger partial charge in [-0.15, -0.1) is 0 Å². The molecule has 0 amide bonds. The number of carbonyl (C=O) groups is 1. The third-order valence-corrected chi connectivity index (χ3v) is 8.65. The number of unbranched alkanes of at least 4 members (excludes halogenated alkanes) is 2. The van der Waals surface area contributed by atoms with E-state index in [-0.39, 0.29) is 17.1 Å². The highest BCUT2D eigenvalue weighted by Crippen LogP contribution is 2.38. The summed E-state index contributed by atoms with van der Waals surface area (Å²) >= 11 is 4.67. The Hall–Kier alpha value is -1.74. The molecule has 198 valence electrons. The van der Waals surface area contributed by atoms with Crippen LogP contribution in [0.5, 0.6) is 0 Å². The summed E-state index contributed by atoms with van der Waals surface area (Å²) in [6.07, 6.45) is 14.0. The van der Waals surface area contributed by atoms with Crippen LogP contribution >= 0.6 is 12.6 Å². The van der Waals surface area contributed by atoms with Crippen molar-refractivity contribution in [2.24, 2.45) is 5.92 Å². The van der Waals surface area contributed by atoms with Crippen LogP contribution in [0, 0.1) is 12.8 Å². The Kier molecular flexibility index (Phi) is 10.5. The third kappa shape index (κ3) is 7.18. The van der Waals surface area contributed by atoms with E-state index in [1.54, 1.807) is 6.92 Å². The first-order valence-electron chi connectivity index (χ1n) is 14.3. The normalized spacial score (nSPS) is 22.9. The molecule has 1 aliphatic heterocycles. The highest BCUT2D eigenvalue weighted by molar-refractivity contribution is 7.81. The van der Waals surface area contributed by atoms with E-state index in [9.17, 15) is 4.79 Å². The molecule has 2 aliphatic rings. The summed E-state index contributed by atoms with van der Waals surface area (Å²) < 4.78 is 0. The minimum atomic E-state index is 0.135. The Labute approximate surface area is 226 Å². The van der Waals surface area contributed by atoms with Gasteiger partial charge in [-0.25, -0.2) is 0 Å². The molecule has 3 rings (SSSR count). The SMILES string of the molecule is C=C(CCC1=C(C(C)=O)NC(C(C)S)C1C)Cc1cc(CCCCC)cc(C)c1C1C=C(C)CCC1. The molecule has 1 heterocycles. The van der Waals surface area contributed by atoms with Crippen molar-refractivity contribution in [3.8, 4) is 0 Å². The largest absolute Gasteiger partial charge is 0.378 e. The fourth-order valence-corrected chi connectivity index (χ4v) is 6.74. The van der Waals surface area contributed by atoms with Gasteiger partial charge < -0.3 is 5.32 Å². The number of hydrogen-bond donors (Lipinski definition) is 2. The van der Waals surface area contributed by atoms with Crippen LogP contribution < -0.4 is 5.32 Å². The maximum atomic E-state index is 12.4. The van der Waals surface area contributed by atoms with Gasteiger partial charge in [-0.1, -0.05) is 69.5 Å². The Morgan fingerprint density at radius 3 is 2.61 bits per heavy atom. The molecule has 0 spiro atoms. The zero-order valence-corrected chi connectivity index (χ0v) is 24.6. The summed E-state index contributed by atoms with van der Waals surface area (Å²) in [5.74, 6) is 0.977. The van der Waals surface area contributed by atoms with Crippen molar-refractivity contribution in [1.29, 1.82) is 0 Å². The van der Waals surface area contributed by atoms with E-state index >= 15 is 0 Å². The number of Topliss-reactive ketones (excluding diaryl/α,β-unsaturated/α-hetero) is 1. The summed E-state index contributed by atoms with van der Waals surface area (Å²) in [5, 5.41) is 3.67. The second-order valence-electron chi connectivity index (χ2n) is 11.5. The second kappa shape index (κ2) is 13.2. The number of thiol groups is 1. The predicted octanol–water partition coefficient (Wildman–Crippen LogP) is 8.59. The van der Waals surface area contributed by atoms with Crippen molar-refractivity contribution in [3.05, 3.63) is 69.5 Å². The van der Waals surface area contributed by atoms with Gasteiger partial charge in [0.1, 0.15) is 0 Å². The van der Waals surface area contributed by atoms with E-state index < -0.39 is 0 Å². The standard InChI is InChI=1S/C33H49NOS/c1-8-9-10-13-27-19-23(4)31(28-14-11-12-21(2)17-28)29(20-27)18-22(3)15-16-30-24(5)32(26(7)36)34-33(30)25(6)35/h17,19-20,24,26,28,32,34,36H,3,8-16,18H2,1-2,4-7H3. The predicted molar refractivity (Wildman–Crippen MR) is 159 cm³/mol. The number of benzene rings is 1. The average molecular weight is 508 g/mol. The van der Waals surface area contributed by atoms with Gasteiger partial charge in [0.15, 0.2) is 5.78 Å². The van der Waals surface area contributed by atoms with Gasteiger partial charge in [-0.3, -0.25) is 4.79 Å². The van der Waals surface area contributed by atoms with Crippen LogP contribution in [0.1, 0.15) is 114 Å². The highest BCUT2D eigenvalue weighted by Gasteiger charge is 2.34. The van der Waals surface area contributed by atoms with E-state index in [0.29, 0.717) is 11.8 Å². The van der Waals surface area contributed by atoms with Gasteiger partial charge in [-0.2, -0.15) is 12.6 Å². The van der Waals surface area contributed by atoms with Crippen molar-refractivity contribution < 1.29 is 4.79 Å². The zero-order chi connectivity index (χ0) is 26.4. The van der Waals surface area contributed by atoms with Crippen molar-refractivity contribution in [2.75, 3.05) is 0 Å². The number of carbonyl (C=O) groups excluding carboxylic acids is 1. The molecular weight excluding hydrogens is 458 g/mol. The molecule has 1 N–H and O–H groups in total. The number of allylic oxidation sites excluding steroid dienone is 4. The first-order chi connectivity index (χ1) is 17.1. The van der Waals surface area contributed by atoms with E-state index in [1.807, 2.05) is 0 Å². The molecule has 2 nitrogen and oxygen atoms in total. The van der Waals surface area contributed by atoms with Crippen LogP contribution in [0.3, 0.4) is 0 Å². The summed E-state index contributed by atoms with van der Waals surface area (Å²) in [4.78, 5) is 12.4.